The molecule has 0 spiro atoms. The molecule has 3 rings (SSSR count). The number of carbonyl (C=O) groups is 2. The Hall–Kier alpha value is -3.22. The number of unbranched alkanes of at least 4 members (excludes halogenated alkanes) is 2. The molecule has 1 aliphatic rings. The second kappa shape index (κ2) is 11.9. The van der Waals surface area contributed by atoms with Gasteiger partial charge in [0, 0.05) is 17.5 Å². The monoisotopic (exact) mass is 512 g/mol. The molecule has 7 heteroatoms. The van der Waals surface area contributed by atoms with Gasteiger partial charge in [0.1, 0.15) is 23.0 Å². The number of Topliss-reactive ketones (excluding diaryl/α,β-unsaturated/α-hetero) is 1. The number of hydrogen-bond acceptors (Lipinski definition) is 6. The normalized spacial score (nSPS) is 16.6. The highest BCUT2D eigenvalue weighted by molar-refractivity contribution is 5.97. The van der Waals surface area contributed by atoms with E-state index < -0.39 is 11.6 Å². The van der Waals surface area contributed by atoms with E-state index in [1.807, 2.05) is 27.7 Å². The highest BCUT2D eigenvalue weighted by Gasteiger charge is 2.40. The smallest absolute Gasteiger partial charge is 0.347 e. The van der Waals surface area contributed by atoms with Crippen LogP contribution in [0.2, 0.25) is 0 Å². The number of benzene rings is 2. The summed E-state index contributed by atoms with van der Waals surface area (Å²) in [5.74, 6) is 1.11. The topological polar surface area (TPSA) is 102 Å². The Morgan fingerprint density at radius 1 is 1.03 bits per heavy atom. The molecule has 2 aromatic carbocycles. The van der Waals surface area contributed by atoms with E-state index in [4.69, 9.17) is 14.2 Å². The largest absolute Gasteiger partial charge is 0.507 e. The minimum atomic E-state index is -1.20. The number of fused-ring (bicyclic) bond motifs is 1. The fourth-order valence-electron chi connectivity index (χ4n) is 4.87. The van der Waals surface area contributed by atoms with Crippen LogP contribution in [0.15, 0.2) is 12.1 Å². The van der Waals surface area contributed by atoms with E-state index in [9.17, 15) is 19.8 Å². The minimum absolute atomic E-state index is 0.0318. The minimum Gasteiger partial charge on any atom is -0.507 e. The van der Waals surface area contributed by atoms with Gasteiger partial charge in [-0.25, -0.2) is 4.79 Å². The highest BCUT2D eigenvalue weighted by Crippen LogP contribution is 2.44. The van der Waals surface area contributed by atoms with Crippen LogP contribution in [-0.2, 0) is 17.6 Å². The standard InChI is InChI=1S/C30H40O7/c1-7-11-24-25(13-12-23(21(5)31)26(24)32)35-16-9-8-10-17-36-27-18(2)19(3)28-22(20(27)4)14-15-30(6,37-28)29(33)34/h12-13,32H,7-11,14-17H2,1-6H3,(H,33,34)/t30-/m1/s1. The van der Waals surface area contributed by atoms with E-state index in [-0.39, 0.29) is 11.5 Å². The van der Waals surface area contributed by atoms with Crippen molar-refractivity contribution in [2.75, 3.05) is 13.2 Å². The number of aromatic hydroxyl groups is 1. The summed E-state index contributed by atoms with van der Waals surface area (Å²) in [7, 11) is 0. The van der Waals surface area contributed by atoms with E-state index in [1.54, 1.807) is 19.1 Å². The first-order valence-electron chi connectivity index (χ1n) is 13.2. The van der Waals surface area contributed by atoms with E-state index >= 15 is 0 Å². The van der Waals surface area contributed by atoms with Gasteiger partial charge in [-0.1, -0.05) is 13.3 Å². The molecule has 0 bridgehead atoms. The van der Waals surface area contributed by atoms with Gasteiger partial charge in [-0.3, -0.25) is 4.79 Å². The molecule has 0 unspecified atom stereocenters. The molecule has 0 radical (unpaired) electrons. The number of phenolic OH excluding ortho intramolecular Hbond substituents is 1. The molecule has 2 aromatic rings. The van der Waals surface area contributed by atoms with Gasteiger partial charge in [0.15, 0.2) is 5.78 Å². The molecule has 0 aliphatic carbocycles. The Morgan fingerprint density at radius 2 is 1.70 bits per heavy atom. The molecule has 2 N–H and O–H groups in total. The number of ketones is 1. The van der Waals surface area contributed by atoms with Gasteiger partial charge in [-0.05, 0) is 95.5 Å². The molecule has 0 fully saturated rings. The zero-order chi connectivity index (χ0) is 27.3. The van der Waals surface area contributed by atoms with Crippen LogP contribution in [0, 0.1) is 20.8 Å². The van der Waals surface area contributed by atoms with Crippen molar-refractivity contribution in [3.05, 3.63) is 45.5 Å². The molecule has 0 saturated carbocycles. The van der Waals surface area contributed by atoms with Crippen molar-refractivity contribution in [2.45, 2.75) is 92.1 Å². The van der Waals surface area contributed by atoms with Crippen molar-refractivity contribution in [1.82, 2.24) is 0 Å². The molecule has 0 saturated heterocycles. The summed E-state index contributed by atoms with van der Waals surface area (Å²) in [5.41, 5.74) is 3.79. The van der Waals surface area contributed by atoms with E-state index in [2.05, 4.69) is 0 Å². The van der Waals surface area contributed by atoms with E-state index in [1.165, 1.54) is 6.92 Å². The van der Waals surface area contributed by atoms with E-state index in [0.717, 1.165) is 53.7 Å². The number of phenols is 1. The average Bonchev–Trinajstić information content (AvgIpc) is 2.85. The predicted octanol–water partition coefficient (Wildman–Crippen LogP) is 6.27. The number of hydrogen-bond donors (Lipinski definition) is 2. The number of carboxylic acids is 1. The van der Waals surface area contributed by atoms with E-state index in [0.29, 0.717) is 55.1 Å². The summed E-state index contributed by atoms with van der Waals surface area (Å²) in [4.78, 5) is 23.4. The summed E-state index contributed by atoms with van der Waals surface area (Å²) < 4.78 is 18.1. The second-order valence-corrected chi connectivity index (χ2v) is 10.2. The van der Waals surface area contributed by atoms with Crippen LogP contribution in [0.25, 0.3) is 0 Å². The van der Waals surface area contributed by atoms with Crippen molar-refractivity contribution in [3.8, 4) is 23.0 Å². The predicted molar refractivity (Wildman–Crippen MR) is 143 cm³/mol. The van der Waals surface area contributed by atoms with Gasteiger partial charge < -0.3 is 24.4 Å². The molecule has 0 aromatic heterocycles. The maximum absolute atomic E-state index is 11.7. The lowest BCUT2D eigenvalue weighted by atomic mass is 9.87. The first-order valence-corrected chi connectivity index (χ1v) is 13.2. The van der Waals surface area contributed by atoms with Crippen LogP contribution in [0.1, 0.15) is 91.1 Å². The fraction of sp³-hybridized carbons (Fsp3) is 0.533. The third-order valence-electron chi connectivity index (χ3n) is 7.35. The van der Waals surface area contributed by atoms with Crippen LogP contribution in [0.3, 0.4) is 0 Å². The molecule has 7 nitrogen and oxygen atoms in total. The van der Waals surface area contributed by atoms with Crippen molar-refractivity contribution in [3.63, 3.8) is 0 Å². The van der Waals surface area contributed by atoms with Gasteiger partial charge in [0.25, 0.3) is 0 Å². The third kappa shape index (κ3) is 6.03. The first kappa shape index (κ1) is 28.4. The summed E-state index contributed by atoms with van der Waals surface area (Å²) >= 11 is 0. The maximum atomic E-state index is 11.7. The second-order valence-electron chi connectivity index (χ2n) is 10.2. The molecule has 37 heavy (non-hydrogen) atoms. The Kier molecular flexibility index (Phi) is 9.11. The van der Waals surface area contributed by atoms with Gasteiger partial charge in [0.2, 0.25) is 5.60 Å². The fourth-order valence-corrected chi connectivity index (χ4v) is 4.87. The van der Waals surface area contributed by atoms with Gasteiger partial charge >= 0.3 is 5.97 Å². The average molecular weight is 513 g/mol. The molecule has 202 valence electrons. The number of carboxylic acid groups (broad SMARTS) is 1. The molecule has 0 amide bonds. The SMILES string of the molecule is CCCc1c(OCCCCCOc2c(C)c(C)c3c(c2C)CC[C@](C)(C(=O)O)O3)ccc(C(C)=O)c1O. The number of aliphatic carboxylic acids is 1. The number of ether oxygens (including phenoxy) is 3. The van der Waals surface area contributed by atoms with Gasteiger partial charge in [-0.15, -0.1) is 0 Å². The van der Waals surface area contributed by atoms with Crippen LogP contribution in [0.5, 0.6) is 23.0 Å². The Labute approximate surface area is 219 Å². The lowest BCUT2D eigenvalue weighted by Crippen LogP contribution is -2.44. The summed E-state index contributed by atoms with van der Waals surface area (Å²) in [6.07, 6.45) is 5.18. The number of rotatable bonds is 12. The maximum Gasteiger partial charge on any atom is 0.347 e. The quantitative estimate of drug-likeness (QED) is 0.255. The molecule has 1 atom stereocenters. The summed E-state index contributed by atoms with van der Waals surface area (Å²) in [6.45, 7) is 12.2. The van der Waals surface area contributed by atoms with Gasteiger partial charge in [0.05, 0.1) is 18.8 Å². The van der Waals surface area contributed by atoms with Crippen molar-refractivity contribution < 1.29 is 34.0 Å². The Balaban J connectivity index is 1.54. The molecule has 1 heterocycles. The van der Waals surface area contributed by atoms with Crippen LogP contribution >= 0.6 is 0 Å². The molecular formula is C30H40O7. The van der Waals surface area contributed by atoms with Crippen LogP contribution < -0.4 is 14.2 Å². The lowest BCUT2D eigenvalue weighted by Gasteiger charge is -2.35. The zero-order valence-electron chi connectivity index (χ0n) is 23.0. The van der Waals surface area contributed by atoms with Crippen molar-refractivity contribution in [2.24, 2.45) is 0 Å². The summed E-state index contributed by atoms with van der Waals surface area (Å²) in [5, 5.41) is 20.1. The van der Waals surface area contributed by atoms with Gasteiger partial charge in [-0.2, -0.15) is 0 Å². The third-order valence-corrected chi connectivity index (χ3v) is 7.35. The van der Waals surface area contributed by atoms with Crippen molar-refractivity contribution >= 4 is 11.8 Å². The Morgan fingerprint density at radius 3 is 2.32 bits per heavy atom. The molecular weight excluding hydrogens is 472 g/mol. The summed E-state index contributed by atoms with van der Waals surface area (Å²) in [6, 6.07) is 3.40. The molecule has 1 aliphatic heterocycles. The van der Waals surface area contributed by atoms with Crippen molar-refractivity contribution in [1.29, 1.82) is 0 Å². The number of carbonyl (C=O) groups excluding carboxylic acids is 1. The van der Waals surface area contributed by atoms with Crippen LogP contribution in [-0.4, -0.2) is 40.8 Å². The zero-order valence-corrected chi connectivity index (χ0v) is 23.0. The lowest BCUT2D eigenvalue weighted by molar-refractivity contribution is -0.155. The van der Waals surface area contributed by atoms with Crippen LogP contribution in [0.4, 0.5) is 0 Å². The Bertz CT molecular complexity index is 1170. The first-order chi connectivity index (χ1) is 17.5. The highest BCUT2D eigenvalue weighted by atomic mass is 16.5.